The molecule has 1 aromatic carbocycles. The molecule has 0 aliphatic carbocycles. The molecule has 35 heavy (non-hydrogen) atoms. The van der Waals surface area contributed by atoms with Crippen molar-refractivity contribution in [3.8, 4) is 6.07 Å². The van der Waals surface area contributed by atoms with Gasteiger partial charge in [-0.1, -0.05) is 28.4 Å². The number of oxime groups is 1. The highest BCUT2D eigenvalue weighted by Crippen LogP contribution is 2.50. The second kappa shape index (κ2) is 9.17. The van der Waals surface area contributed by atoms with Crippen molar-refractivity contribution in [1.29, 1.82) is 5.26 Å². The first-order chi connectivity index (χ1) is 16.5. The number of amides is 1. The zero-order chi connectivity index (χ0) is 25.5. The zero-order valence-corrected chi connectivity index (χ0v) is 19.7. The highest BCUT2D eigenvalue weighted by molar-refractivity contribution is 6.35. The van der Waals surface area contributed by atoms with Crippen LogP contribution in [-0.4, -0.2) is 46.3 Å². The van der Waals surface area contributed by atoms with Crippen LogP contribution in [0.1, 0.15) is 40.0 Å². The van der Waals surface area contributed by atoms with E-state index in [1.807, 2.05) is 6.07 Å². The monoisotopic (exact) mass is 529 g/mol. The summed E-state index contributed by atoms with van der Waals surface area (Å²) >= 11 is 11.5. The summed E-state index contributed by atoms with van der Waals surface area (Å²) in [4.78, 5) is 24.6. The van der Waals surface area contributed by atoms with Crippen LogP contribution in [0.15, 0.2) is 29.6 Å². The Morgan fingerprint density at radius 3 is 2.54 bits per heavy atom. The Labute approximate surface area is 207 Å². The van der Waals surface area contributed by atoms with Gasteiger partial charge in [0.05, 0.1) is 29.0 Å². The summed E-state index contributed by atoms with van der Waals surface area (Å²) in [7, 11) is 1.55. The Morgan fingerprint density at radius 1 is 1.26 bits per heavy atom. The highest BCUT2D eigenvalue weighted by atomic mass is 35.5. The third-order valence-electron chi connectivity index (χ3n) is 5.92. The molecule has 1 unspecified atom stereocenters. The molecule has 13 heteroatoms. The molecule has 3 heterocycles. The first-order valence-electron chi connectivity index (χ1n) is 10.3. The molecule has 2 aliphatic heterocycles. The number of alkyl halides is 3. The predicted octanol–water partition coefficient (Wildman–Crippen LogP) is 5.02. The minimum Gasteiger partial charge on any atom is -0.372 e. The van der Waals surface area contributed by atoms with Gasteiger partial charge in [-0.3, -0.25) is 9.78 Å². The molecule has 0 fully saturated rings. The van der Waals surface area contributed by atoms with Gasteiger partial charge < -0.3 is 14.6 Å². The van der Waals surface area contributed by atoms with Gasteiger partial charge >= 0.3 is 6.18 Å². The average Bonchev–Trinajstić information content (AvgIpc) is 3.44. The molecule has 0 spiro atoms. The van der Waals surface area contributed by atoms with E-state index in [2.05, 4.69) is 10.1 Å². The number of rotatable bonds is 4. The molecule has 2 aromatic rings. The van der Waals surface area contributed by atoms with Crippen LogP contribution < -0.4 is 0 Å². The van der Waals surface area contributed by atoms with Gasteiger partial charge in [0.2, 0.25) is 0 Å². The van der Waals surface area contributed by atoms with Crippen LogP contribution in [0, 0.1) is 17.1 Å². The van der Waals surface area contributed by atoms with Gasteiger partial charge in [0, 0.05) is 38.4 Å². The van der Waals surface area contributed by atoms with E-state index in [1.54, 1.807) is 18.0 Å². The quantitative estimate of drug-likeness (QED) is 0.410. The summed E-state index contributed by atoms with van der Waals surface area (Å²) in [6.45, 7) is 0.633. The fraction of sp³-hybridized carbons (Fsp3) is 0.364. The van der Waals surface area contributed by atoms with Gasteiger partial charge in [0.25, 0.3) is 11.5 Å². The van der Waals surface area contributed by atoms with Crippen LogP contribution in [0.25, 0.3) is 0 Å². The standard InChI is InChI=1S/C22H17Cl2F4N5O2/c1-32(4-2-3-29)20(34)17-5-12-10-33(11-13(12)9-30-17)18-8-21(35-31-18,22(26,27)28)14-6-15(23)19(25)16(24)7-14/h5-7,9H,2,4,8,10-11H2,1H3. The third-order valence-corrected chi connectivity index (χ3v) is 6.47. The largest absolute Gasteiger partial charge is 0.435 e. The van der Waals surface area contributed by atoms with Crippen molar-refractivity contribution < 1.29 is 27.2 Å². The van der Waals surface area contributed by atoms with Gasteiger partial charge in [-0.15, -0.1) is 0 Å². The molecular formula is C22H17Cl2F4N5O2. The van der Waals surface area contributed by atoms with Crippen LogP contribution in [0.2, 0.25) is 10.0 Å². The van der Waals surface area contributed by atoms with Gasteiger partial charge in [0.1, 0.15) is 11.5 Å². The molecule has 0 saturated carbocycles. The third kappa shape index (κ3) is 4.48. The normalized spacial score (nSPS) is 19.1. The minimum atomic E-state index is -4.91. The Kier molecular flexibility index (Phi) is 6.55. The number of aromatic nitrogens is 1. The van der Waals surface area contributed by atoms with E-state index in [4.69, 9.17) is 33.3 Å². The summed E-state index contributed by atoms with van der Waals surface area (Å²) in [5.41, 5.74) is -1.76. The number of hydrogen-bond donors (Lipinski definition) is 0. The number of halogens is 6. The lowest BCUT2D eigenvalue weighted by molar-refractivity contribution is -0.275. The van der Waals surface area contributed by atoms with Crippen molar-refractivity contribution in [3.05, 3.63) is 62.6 Å². The first-order valence-corrected chi connectivity index (χ1v) is 11.0. The Balaban J connectivity index is 1.55. The number of fused-ring (bicyclic) bond motifs is 1. The molecular weight excluding hydrogens is 513 g/mol. The van der Waals surface area contributed by atoms with Crippen molar-refractivity contribution in [2.24, 2.45) is 5.16 Å². The summed E-state index contributed by atoms with van der Waals surface area (Å²) in [6.07, 6.45) is -3.93. The Bertz CT molecular complexity index is 1240. The molecule has 0 bridgehead atoms. The highest BCUT2D eigenvalue weighted by Gasteiger charge is 2.63. The molecule has 0 saturated heterocycles. The fourth-order valence-corrected chi connectivity index (χ4v) is 4.43. The molecule has 1 atom stereocenters. The number of carbonyl (C=O) groups excluding carboxylic acids is 1. The van der Waals surface area contributed by atoms with E-state index in [-0.39, 0.29) is 43.5 Å². The number of nitrogens with zero attached hydrogens (tertiary/aromatic N) is 5. The van der Waals surface area contributed by atoms with Crippen LogP contribution >= 0.6 is 23.2 Å². The van der Waals surface area contributed by atoms with Crippen molar-refractivity contribution in [1.82, 2.24) is 14.8 Å². The number of carbonyl (C=O) groups is 1. The molecule has 7 nitrogen and oxygen atoms in total. The fourth-order valence-electron chi connectivity index (χ4n) is 3.94. The van der Waals surface area contributed by atoms with E-state index >= 15 is 0 Å². The number of benzene rings is 1. The number of hydrogen-bond acceptors (Lipinski definition) is 6. The van der Waals surface area contributed by atoms with Crippen molar-refractivity contribution >= 4 is 34.9 Å². The van der Waals surface area contributed by atoms with Crippen molar-refractivity contribution in [2.45, 2.75) is 37.7 Å². The Morgan fingerprint density at radius 2 is 1.91 bits per heavy atom. The van der Waals surface area contributed by atoms with Gasteiger partial charge in [-0.25, -0.2) is 4.39 Å². The second-order valence-electron chi connectivity index (χ2n) is 8.18. The predicted molar refractivity (Wildman–Crippen MR) is 118 cm³/mol. The van der Waals surface area contributed by atoms with E-state index in [9.17, 15) is 22.4 Å². The first kappa shape index (κ1) is 25.0. The van der Waals surface area contributed by atoms with E-state index in [1.165, 1.54) is 11.1 Å². The maximum absolute atomic E-state index is 14.2. The minimum absolute atomic E-state index is 0.0223. The summed E-state index contributed by atoms with van der Waals surface area (Å²) in [5, 5.41) is 11.3. The SMILES string of the molecule is CN(CCC#N)C(=O)c1cc2c(cn1)CN(C1=NOC(c3cc(Cl)c(F)c(Cl)c3)(C(F)(F)F)C1)C2. The molecule has 0 radical (unpaired) electrons. The molecule has 4 rings (SSSR count). The van der Waals surface area contributed by atoms with Crippen LogP contribution in [0.3, 0.4) is 0 Å². The van der Waals surface area contributed by atoms with Crippen LogP contribution in [0.4, 0.5) is 17.6 Å². The number of nitriles is 1. The molecule has 1 amide bonds. The second-order valence-corrected chi connectivity index (χ2v) is 9.00. The topological polar surface area (TPSA) is 81.8 Å². The van der Waals surface area contributed by atoms with Crippen molar-refractivity contribution in [2.75, 3.05) is 13.6 Å². The molecule has 0 N–H and O–H groups in total. The molecule has 2 aliphatic rings. The van der Waals surface area contributed by atoms with Gasteiger partial charge in [-0.05, 0) is 29.3 Å². The van der Waals surface area contributed by atoms with Crippen molar-refractivity contribution in [3.63, 3.8) is 0 Å². The lowest BCUT2D eigenvalue weighted by atomic mass is 9.89. The van der Waals surface area contributed by atoms with Crippen LogP contribution in [-0.2, 0) is 23.5 Å². The Hall–Kier alpha value is -3.10. The lowest BCUT2D eigenvalue weighted by Gasteiger charge is -2.30. The lowest BCUT2D eigenvalue weighted by Crippen LogP contribution is -2.44. The smallest absolute Gasteiger partial charge is 0.372 e. The summed E-state index contributed by atoms with van der Waals surface area (Å²) < 4.78 is 56.5. The van der Waals surface area contributed by atoms with E-state index in [0.29, 0.717) is 5.56 Å². The van der Waals surface area contributed by atoms with Gasteiger partial charge in [0.15, 0.2) is 5.82 Å². The number of pyridine rings is 1. The number of amidine groups is 1. The van der Waals surface area contributed by atoms with Crippen LogP contribution in [0.5, 0.6) is 0 Å². The average molecular weight is 530 g/mol. The maximum Gasteiger partial charge on any atom is 0.435 e. The zero-order valence-electron chi connectivity index (χ0n) is 18.2. The molecule has 1 aromatic heterocycles. The maximum atomic E-state index is 14.2. The summed E-state index contributed by atoms with van der Waals surface area (Å²) in [5.74, 6) is -1.38. The summed E-state index contributed by atoms with van der Waals surface area (Å²) in [6, 6.07) is 5.20. The van der Waals surface area contributed by atoms with E-state index in [0.717, 1.165) is 17.7 Å². The molecule has 184 valence electrons. The van der Waals surface area contributed by atoms with E-state index < -0.39 is 39.6 Å². The van der Waals surface area contributed by atoms with Gasteiger partial charge in [-0.2, -0.15) is 18.4 Å².